The number of hydrogen-bond acceptors (Lipinski definition) is 0. The Morgan fingerprint density at radius 2 is 0.940 bits per heavy atom. The summed E-state index contributed by atoms with van der Waals surface area (Å²) in [6, 6.07) is 81.4. The summed E-state index contributed by atoms with van der Waals surface area (Å²) >= 11 is 0. The zero-order valence-electron chi connectivity index (χ0n) is 38.3. The van der Waals surface area contributed by atoms with Crippen molar-refractivity contribution in [2.24, 2.45) is 0 Å². The van der Waals surface area contributed by atoms with E-state index in [0.29, 0.717) is 5.92 Å². The third kappa shape index (κ3) is 7.46. The zero-order valence-corrected chi connectivity index (χ0v) is 38.3. The van der Waals surface area contributed by atoms with Crippen LogP contribution in [-0.4, -0.2) is 4.57 Å². The summed E-state index contributed by atoms with van der Waals surface area (Å²) in [4.78, 5) is 0. The molecule has 0 spiro atoms. The van der Waals surface area contributed by atoms with Gasteiger partial charge in [0, 0.05) is 28.1 Å². The van der Waals surface area contributed by atoms with Crippen LogP contribution in [0.3, 0.4) is 0 Å². The predicted octanol–water partition coefficient (Wildman–Crippen LogP) is 17.3. The Morgan fingerprint density at radius 1 is 0.463 bits per heavy atom. The smallest absolute Gasteiger partial charge is 0.0538 e. The van der Waals surface area contributed by atoms with E-state index in [4.69, 9.17) is 0 Å². The molecule has 1 nitrogen and oxygen atoms in total. The molecule has 322 valence electrons. The van der Waals surface area contributed by atoms with Crippen LogP contribution in [0.1, 0.15) is 71.7 Å². The van der Waals surface area contributed by atoms with Gasteiger partial charge in [-0.05, 0) is 157 Å². The van der Waals surface area contributed by atoms with E-state index in [0.717, 1.165) is 25.7 Å². The molecule has 2 aliphatic rings. The van der Waals surface area contributed by atoms with Crippen molar-refractivity contribution in [3.8, 4) is 61.3 Å². The van der Waals surface area contributed by atoms with Gasteiger partial charge in [0.05, 0.1) is 5.52 Å². The fraction of sp³-hybridized carbons (Fsp3) is 0.121. The molecular weight excluding hydrogens is 807 g/mol. The second kappa shape index (κ2) is 16.9. The summed E-state index contributed by atoms with van der Waals surface area (Å²) in [6.45, 7) is 4.76. The lowest BCUT2D eigenvalue weighted by Crippen LogP contribution is -2.15. The second-order valence-corrected chi connectivity index (χ2v) is 19.1. The first kappa shape index (κ1) is 40.7. The lowest BCUT2D eigenvalue weighted by atomic mass is 9.80. The van der Waals surface area contributed by atoms with E-state index in [1.54, 1.807) is 0 Å². The van der Waals surface area contributed by atoms with Gasteiger partial charge in [0.1, 0.15) is 0 Å². The number of fused-ring (bicyclic) bond motifs is 6. The maximum absolute atomic E-state index is 2.44. The van der Waals surface area contributed by atoms with Gasteiger partial charge in [-0.25, -0.2) is 0 Å². The van der Waals surface area contributed by atoms with Crippen molar-refractivity contribution < 1.29 is 0 Å². The molecule has 0 bridgehead atoms. The molecule has 1 aromatic heterocycles. The average Bonchev–Trinajstić information content (AvgIpc) is 3.84. The Kier molecular flexibility index (Phi) is 10.3. The van der Waals surface area contributed by atoms with E-state index in [1.165, 1.54) is 111 Å². The Hall–Kier alpha value is -7.74. The lowest BCUT2D eigenvalue weighted by Gasteiger charge is -2.23. The van der Waals surface area contributed by atoms with Crippen molar-refractivity contribution >= 4 is 17.0 Å². The molecule has 0 saturated carbocycles. The molecule has 1 heteroatoms. The van der Waals surface area contributed by atoms with Crippen LogP contribution in [-0.2, 0) is 18.3 Å². The van der Waals surface area contributed by atoms with Crippen LogP contribution in [0.2, 0.25) is 0 Å². The van der Waals surface area contributed by atoms with Crippen LogP contribution in [0.15, 0.2) is 224 Å². The first-order chi connectivity index (χ1) is 33.0. The summed E-state index contributed by atoms with van der Waals surface area (Å²) in [6.07, 6.45) is 8.81. The van der Waals surface area contributed by atoms with E-state index in [9.17, 15) is 0 Å². The highest BCUT2D eigenvalue weighted by atomic mass is 15.0. The van der Waals surface area contributed by atoms with Crippen LogP contribution in [0.25, 0.3) is 78.3 Å². The molecule has 0 radical (unpaired) electrons. The van der Waals surface area contributed by atoms with E-state index < -0.39 is 0 Å². The Labute approximate surface area is 395 Å². The largest absolute Gasteiger partial charge is 0.310 e. The van der Waals surface area contributed by atoms with E-state index in [2.05, 4.69) is 249 Å². The summed E-state index contributed by atoms with van der Waals surface area (Å²) in [5, 5.41) is 1.36. The molecular formula is C66H53N. The van der Waals surface area contributed by atoms with Gasteiger partial charge in [-0.1, -0.05) is 202 Å². The molecule has 10 aromatic rings. The topological polar surface area (TPSA) is 4.93 Å². The van der Waals surface area contributed by atoms with Crippen LogP contribution >= 0.6 is 0 Å². The molecule has 2 aliphatic carbocycles. The minimum absolute atomic E-state index is 0.0849. The number of para-hydroxylation sites is 1. The van der Waals surface area contributed by atoms with Crippen LogP contribution in [0, 0.1) is 0 Å². The molecule has 67 heavy (non-hydrogen) atoms. The number of allylic oxidation sites excluding steroid dienone is 1. The monoisotopic (exact) mass is 859 g/mol. The normalized spacial score (nSPS) is 13.8. The van der Waals surface area contributed by atoms with Crippen LogP contribution < -0.4 is 0 Å². The molecule has 0 N–H and O–H groups in total. The third-order valence-electron chi connectivity index (χ3n) is 14.8. The van der Waals surface area contributed by atoms with Crippen molar-refractivity contribution in [2.45, 2.75) is 50.9 Å². The molecule has 0 fully saturated rings. The van der Waals surface area contributed by atoms with Crippen molar-refractivity contribution in [2.75, 3.05) is 0 Å². The molecule has 1 heterocycles. The predicted molar refractivity (Wildman–Crippen MR) is 283 cm³/mol. The molecule has 0 aliphatic heterocycles. The van der Waals surface area contributed by atoms with Gasteiger partial charge in [-0.3, -0.25) is 0 Å². The van der Waals surface area contributed by atoms with Crippen molar-refractivity contribution in [1.82, 2.24) is 4.57 Å². The van der Waals surface area contributed by atoms with Gasteiger partial charge in [0.15, 0.2) is 0 Å². The first-order valence-electron chi connectivity index (χ1n) is 24.1. The fourth-order valence-corrected chi connectivity index (χ4v) is 11.1. The minimum atomic E-state index is -0.0849. The highest BCUT2D eigenvalue weighted by molar-refractivity contribution is 5.94. The van der Waals surface area contributed by atoms with E-state index in [1.807, 2.05) is 0 Å². The second-order valence-electron chi connectivity index (χ2n) is 19.1. The van der Waals surface area contributed by atoms with Gasteiger partial charge in [0.25, 0.3) is 0 Å². The third-order valence-corrected chi connectivity index (χ3v) is 14.8. The number of benzene rings is 9. The van der Waals surface area contributed by atoms with Crippen LogP contribution in [0.5, 0.6) is 0 Å². The fourth-order valence-electron chi connectivity index (χ4n) is 11.1. The summed E-state index contributed by atoms with van der Waals surface area (Å²) in [7, 11) is 0. The highest BCUT2D eigenvalue weighted by Gasteiger charge is 2.36. The number of hydrogen-bond donors (Lipinski definition) is 0. The molecule has 1 unspecified atom stereocenters. The molecule has 9 aromatic carbocycles. The molecule has 0 saturated heterocycles. The lowest BCUT2D eigenvalue weighted by molar-refractivity contribution is 0.661. The molecule has 0 amide bonds. The highest BCUT2D eigenvalue weighted by Crippen LogP contribution is 2.51. The Balaban J connectivity index is 0.750. The quantitative estimate of drug-likeness (QED) is 0.129. The number of aryl methyl sites for hydroxylation is 2. The van der Waals surface area contributed by atoms with Crippen molar-refractivity contribution in [3.05, 3.63) is 264 Å². The number of aromatic nitrogens is 1. The minimum Gasteiger partial charge on any atom is -0.310 e. The SMILES string of the molecule is CC1(C)c2cc(-c3ccccc3)ccc2-c2ccc(-c3ccc(C(CCc4ccc(-c5ccc(-c6ccc7c(c6)c6c(n7-c7ccccc7)C=CCC6)cc5)cc4)c4ccccc4)cc3)cc21. The van der Waals surface area contributed by atoms with Gasteiger partial charge in [0.2, 0.25) is 0 Å². The molecule has 12 rings (SSSR count). The summed E-state index contributed by atoms with van der Waals surface area (Å²) < 4.78 is 2.42. The Bertz CT molecular complexity index is 3430. The summed E-state index contributed by atoms with van der Waals surface area (Å²) in [5.41, 5.74) is 24.8. The first-order valence-corrected chi connectivity index (χ1v) is 24.1. The van der Waals surface area contributed by atoms with Gasteiger partial charge >= 0.3 is 0 Å². The number of nitrogens with zero attached hydrogens (tertiary/aromatic N) is 1. The van der Waals surface area contributed by atoms with Crippen molar-refractivity contribution in [1.29, 1.82) is 0 Å². The van der Waals surface area contributed by atoms with Crippen LogP contribution in [0.4, 0.5) is 0 Å². The van der Waals surface area contributed by atoms with Gasteiger partial charge in [-0.15, -0.1) is 0 Å². The number of rotatable bonds is 10. The maximum atomic E-state index is 2.44. The van der Waals surface area contributed by atoms with Gasteiger partial charge < -0.3 is 4.57 Å². The Morgan fingerprint density at radius 3 is 1.57 bits per heavy atom. The average molecular weight is 860 g/mol. The maximum Gasteiger partial charge on any atom is 0.0538 e. The zero-order chi connectivity index (χ0) is 44.9. The van der Waals surface area contributed by atoms with E-state index in [-0.39, 0.29) is 5.41 Å². The summed E-state index contributed by atoms with van der Waals surface area (Å²) in [5.74, 6) is 0.299. The van der Waals surface area contributed by atoms with Gasteiger partial charge in [-0.2, -0.15) is 0 Å². The standard InChI is InChI=1S/C66H53N/c1-66(2)62-43-54(46-14-6-3-7-15-46)35-39-58(62)59-40-36-55(44-63(59)66)50-31-33-52(34-32-50)57(51-16-8-4-9-17-51)38-24-45-22-25-47(26-23-45)48-27-29-49(30-28-48)53-37-41-65-61(42-53)60-20-12-13-21-64(60)67(65)56-18-10-5-11-19-56/h3-11,13-19,21-23,25-37,39-44,57H,12,20,24,38H2,1-2H3. The molecule has 1 atom stereocenters. The van der Waals surface area contributed by atoms with E-state index >= 15 is 0 Å². The van der Waals surface area contributed by atoms with Crippen molar-refractivity contribution in [3.63, 3.8) is 0 Å².